The van der Waals surface area contributed by atoms with Crippen molar-refractivity contribution in [3.63, 3.8) is 0 Å². The predicted molar refractivity (Wildman–Crippen MR) is 73.3 cm³/mol. The average Bonchev–Trinajstić information content (AvgIpc) is 2.78. The van der Waals surface area contributed by atoms with Crippen molar-refractivity contribution >= 4 is 17.7 Å². The van der Waals surface area contributed by atoms with Crippen LogP contribution in [-0.2, 0) is 9.63 Å². The number of carbonyl (C=O) groups excluding carboxylic acids is 3. The van der Waals surface area contributed by atoms with Crippen LogP contribution in [0.15, 0.2) is 24.3 Å². The van der Waals surface area contributed by atoms with Gasteiger partial charge in [0.15, 0.2) is 6.61 Å². The maximum Gasteiger partial charge on any atom is 0.285 e. The van der Waals surface area contributed by atoms with Crippen LogP contribution < -0.4 is 0 Å². The van der Waals surface area contributed by atoms with Crippen molar-refractivity contribution in [2.45, 2.75) is 19.3 Å². The van der Waals surface area contributed by atoms with E-state index in [1.807, 2.05) is 0 Å². The minimum Gasteiger partial charge on any atom is -0.341 e. The Morgan fingerprint density at radius 3 is 2.14 bits per heavy atom. The third-order valence-corrected chi connectivity index (χ3v) is 3.78. The molecule has 110 valence electrons. The van der Waals surface area contributed by atoms with E-state index in [0.717, 1.165) is 19.3 Å². The lowest BCUT2D eigenvalue weighted by Crippen LogP contribution is -2.41. The van der Waals surface area contributed by atoms with Gasteiger partial charge in [0.1, 0.15) is 0 Å². The first-order valence-corrected chi connectivity index (χ1v) is 7.07. The largest absolute Gasteiger partial charge is 0.341 e. The zero-order valence-electron chi connectivity index (χ0n) is 11.6. The van der Waals surface area contributed by atoms with Crippen LogP contribution in [0.1, 0.15) is 40.0 Å². The van der Waals surface area contributed by atoms with Crippen LogP contribution in [0.5, 0.6) is 0 Å². The number of amides is 3. The molecule has 0 aromatic heterocycles. The van der Waals surface area contributed by atoms with Gasteiger partial charge >= 0.3 is 0 Å². The summed E-state index contributed by atoms with van der Waals surface area (Å²) >= 11 is 0. The minimum absolute atomic E-state index is 0.189. The molecule has 21 heavy (non-hydrogen) atoms. The molecule has 1 saturated heterocycles. The maximum atomic E-state index is 12.1. The zero-order chi connectivity index (χ0) is 14.8. The Bertz CT molecular complexity index is 558. The van der Waals surface area contributed by atoms with E-state index in [9.17, 15) is 14.4 Å². The number of hydrogen-bond donors (Lipinski definition) is 0. The van der Waals surface area contributed by atoms with Crippen LogP contribution in [0.4, 0.5) is 0 Å². The lowest BCUT2D eigenvalue weighted by atomic mass is 10.1. The Kier molecular flexibility index (Phi) is 3.70. The monoisotopic (exact) mass is 288 g/mol. The summed E-state index contributed by atoms with van der Waals surface area (Å²) in [6.07, 6.45) is 3.10. The topological polar surface area (TPSA) is 66.9 Å². The number of hydroxylamine groups is 2. The molecule has 0 spiro atoms. The highest BCUT2D eigenvalue weighted by molar-refractivity contribution is 6.20. The molecule has 0 atom stereocenters. The Balaban J connectivity index is 1.63. The summed E-state index contributed by atoms with van der Waals surface area (Å²) in [6, 6.07) is 6.52. The summed E-state index contributed by atoms with van der Waals surface area (Å²) in [5.41, 5.74) is 0.626. The van der Waals surface area contributed by atoms with Gasteiger partial charge in [-0.2, -0.15) is 0 Å². The Hall–Kier alpha value is -2.21. The normalized spacial score (nSPS) is 18.1. The van der Waals surface area contributed by atoms with E-state index in [1.54, 1.807) is 29.2 Å². The second-order valence-corrected chi connectivity index (χ2v) is 5.17. The summed E-state index contributed by atoms with van der Waals surface area (Å²) in [5.74, 6) is -1.21. The first-order chi connectivity index (χ1) is 10.2. The van der Waals surface area contributed by atoms with E-state index in [4.69, 9.17) is 4.84 Å². The van der Waals surface area contributed by atoms with E-state index in [-0.39, 0.29) is 12.5 Å². The minimum atomic E-state index is -0.512. The van der Waals surface area contributed by atoms with E-state index in [1.165, 1.54) is 0 Å². The van der Waals surface area contributed by atoms with Gasteiger partial charge in [0.2, 0.25) is 0 Å². The lowest BCUT2D eigenvalue weighted by molar-refractivity contribution is -0.150. The van der Waals surface area contributed by atoms with Crippen molar-refractivity contribution in [3.05, 3.63) is 35.4 Å². The first kappa shape index (κ1) is 13.8. The summed E-state index contributed by atoms with van der Waals surface area (Å²) in [4.78, 5) is 43.0. The summed E-state index contributed by atoms with van der Waals surface area (Å²) in [5, 5.41) is 0.687. The van der Waals surface area contributed by atoms with Crippen LogP contribution in [0.2, 0.25) is 0 Å². The number of nitrogens with zero attached hydrogens (tertiary/aromatic N) is 2. The number of imide groups is 1. The molecule has 6 nitrogen and oxygen atoms in total. The molecular formula is C15H16N2O4. The van der Waals surface area contributed by atoms with Crippen LogP contribution in [-0.4, -0.2) is 47.4 Å². The third kappa shape index (κ3) is 2.54. The highest BCUT2D eigenvalue weighted by Gasteiger charge is 2.37. The maximum absolute atomic E-state index is 12.1. The first-order valence-electron chi connectivity index (χ1n) is 7.07. The number of rotatable bonds is 3. The molecule has 0 aliphatic carbocycles. The predicted octanol–water partition coefficient (Wildman–Crippen LogP) is 1.23. The molecule has 3 amide bonds. The van der Waals surface area contributed by atoms with E-state index < -0.39 is 11.8 Å². The molecule has 0 N–H and O–H groups in total. The van der Waals surface area contributed by atoms with Crippen LogP contribution >= 0.6 is 0 Å². The molecule has 1 fully saturated rings. The van der Waals surface area contributed by atoms with Gasteiger partial charge in [-0.15, -0.1) is 5.06 Å². The van der Waals surface area contributed by atoms with Crippen molar-refractivity contribution in [3.8, 4) is 0 Å². The SMILES string of the molecule is O=C(CON1C(=O)c2ccccc2C1=O)N1CCCCC1. The number of likely N-dealkylation sites (tertiary alicyclic amines) is 1. The number of benzene rings is 1. The average molecular weight is 288 g/mol. The van der Waals surface area contributed by atoms with Gasteiger partial charge in [0.25, 0.3) is 17.7 Å². The Morgan fingerprint density at radius 1 is 1.00 bits per heavy atom. The number of carbonyl (C=O) groups is 3. The summed E-state index contributed by atoms with van der Waals surface area (Å²) < 4.78 is 0. The molecule has 3 rings (SSSR count). The lowest BCUT2D eigenvalue weighted by Gasteiger charge is -2.27. The van der Waals surface area contributed by atoms with E-state index in [2.05, 4.69) is 0 Å². The van der Waals surface area contributed by atoms with Gasteiger partial charge in [-0.05, 0) is 31.4 Å². The Morgan fingerprint density at radius 2 is 1.57 bits per heavy atom. The van der Waals surface area contributed by atoms with Crippen molar-refractivity contribution in [2.75, 3.05) is 19.7 Å². The number of hydrogen-bond acceptors (Lipinski definition) is 4. The molecular weight excluding hydrogens is 272 g/mol. The molecule has 6 heteroatoms. The standard InChI is InChI=1S/C15H16N2O4/c18-13(16-8-4-1-5-9-16)10-21-17-14(19)11-6-2-3-7-12(11)15(17)20/h2-3,6-7H,1,4-5,8-10H2. The fourth-order valence-electron chi connectivity index (χ4n) is 2.64. The van der Waals surface area contributed by atoms with Crippen molar-refractivity contribution in [1.82, 2.24) is 9.96 Å². The fraction of sp³-hybridized carbons (Fsp3) is 0.400. The number of fused-ring (bicyclic) bond motifs is 1. The summed E-state index contributed by atoms with van der Waals surface area (Å²) in [6.45, 7) is 1.14. The molecule has 1 aromatic carbocycles. The van der Waals surface area contributed by atoms with E-state index >= 15 is 0 Å². The zero-order valence-corrected chi connectivity index (χ0v) is 11.6. The smallest absolute Gasteiger partial charge is 0.285 e. The van der Waals surface area contributed by atoms with Gasteiger partial charge in [-0.25, -0.2) is 0 Å². The van der Waals surface area contributed by atoms with Gasteiger partial charge in [-0.1, -0.05) is 12.1 Å². The molecule has 0 bridgehead atoms. The molecule has 0 radical (unpaired) electrons. The second-order valence-electron chi connectivity index (χ2n) is 5.17. The van der Waals surface area contributed by atoms with Gasteiger partial charge < -0.3 is 4.90 Å². The van der Waals surface area contributed by atoms with Crippen molar-refractivity contribution < 1.29 is 19.2 Å². The van der Waals surface area contributed by atoms with E-state index in [0.29, 0.717) is 29.3 Å². The molecule has 0 unspecified atom stereocenters. The highest BCUT2D eigenvalue weighted by Crippen LogP contribution is 2.22. The summed E-state index contributed by atoms with van der Waals surface area (Å²) in [7, 11) is 0. The quantitative estimate of drug-likeness (QED) is 0.785. The van der Waals surface area contributed by atoms with Crippen LogP contribution in [0.3, 0.4) is 0 Å². The molecule has 1 aromatic rings. The van der Waals surface area contributed by atoms with Crippen molar-refractivity contribution in [1.29, 1.82) is 0 Å². The Labute approximate surface area is 122 Å². The molecule has 2 heterocycles. The second kappa shape index (κ2) is 5.65. The van der Waals surface area contributed by atoms with Gasteiger partial charge in [0, 0.05) is 13.1 Å². The van der Waals surface area contributed by atoms with Gasteiger partial charge in [0.05, 0.1) is 11.1 Å². The fourth-order valence-corrected chi connectivity index (χ4v) is 2.64. The third-order valence-electron chi connectivity index (χ3n) is 3.78. The van der Waals surface area contributed by atoms with Crippen molar-refractivity contribution in [2.24, 2.45) is 0 Å². The molecule has 0 saturated carbocycles. The highest BCUT2D eigenvalue weighted by atomic mass is 16.7. The molecule has 2 aliphatic heterocycles. The van der Waals surface area contributed by atoms with Crippen LogP contribution in [0, 0.1) is 0 Å². The molecule has 2 aliphatic rings. The van der Waals surface area contributed by atoms with Crippen LogP contribution in [0.25, 0.3) is 0 Å². The van der Waals surface area contributed by atoms with Gasteiger partial charge in [-0.3, -0.25) is 19.2 Å². The number of piperidine rings is 1.